The molecule has 0 spiro atoms. The summed E-state index contributed by atoms with van der Waals surface area (Å²) in [5.41, 5.74) is 11.3. The van der Waals surface area contributed by atoms with E-state index in [-0.39, 0.29) is 0 Å². The van der Waals surface area contributed by atoms with Crippen LogP contribution >= 0.6 is 0 Å². The summed E-state index contributed by atoms with van der Waals surface area (Å²) in [7, 11) is 0. The van der Waals surface area contributed by atoms with Crippen LogP contribution in [0.5, 0.6) is 0 Å². The average Bonchev–Trinajstić information content (AvgIpc) is 2.33. The number of rotatable bonds is 2. The second kappa shape index (κ2) is 4.65. The molecular weight excluding hydrogens is 234 g/mol. The largest absolute Gasteiger partial charge is 0.382 e. The van der Waals surface area contributed by atoms with Crippen molar-refractivity contribution < 1.29 is 0 Å². The van der Waals surface area contributed by atoms with Crippen LogP contribution in [0.15, 0.2) is 24.3 Å². The minimum atomic E-state index is 0.537. The van der Waals surface area contributed by atoms with Gasteiger partial charge >= 0.3 is 0 Å². The molecule has 3 nitrogen and oxygen atoms in total. The smallest absolute Gasteiger partial charge is 0.150 e. The number of benzene rings is 1. The van der Waals surface area contributed by atoms with E-state index in [0.29, 0.717) is 11.7 Å². The van der Waals surface area contributed by atoms with Crippen LogP contribution in [-0.4, -0.2) is 9.97 Å². The first-order valence-electron chi connectivity index (χ1n) is 6.87. The molecule has 0 aliphatic heterocycles. The number of hydrogen-bond donors (Lipinski definition) is 1. The van der Waals surface area contributed by atoms with E-state index >= 15 is 0 Å². The third kappa shape index (κ3) is 2.09. The van der Waals surface area contributed by atoms with E-state index in [1.54, 1.807) is 0 Å². The summed E-state index contributed by atoms with van der Waals surface area (Å²) < 4.78 is 0. The Labute approximate surface area is 113 Å². The standard InChI is InChI=1S/C16H19N3/c1-10-11(2)19-16(17)15(18-10)14-9-4-3-8-13(14)12-6-5-7-12/h3-4,8-9,12H,5-7H2,1-2H3,(H2,17,19). The molecular formula is C16H19N3. The Morgan fingerprint density at radius 1 is 1.05 bits per heavy atom. The zero-order valence-electron chi connectivity index (χ0n) is 11.5. The highest BCUT2D eigenvalue weighted by molar-refractivity contribution is 5.73. The highest BCUT2D eigenvalue weighted by atomic mass is 14.9. The fourth-order valence-corrected chi connectivity index (χ4v) is 2.61. The fourth-order valence-electron chi connectivity index (χ4n) is 2.61. The van der Waals surface area contributed by atoms with E-state index in [9.17, 15) is 0 Å². The van der Waals surface area contributed by atoms with E-state index in [0.717, 1.165) is 22.6 Å². The van der Waals surface area contributed by atoms with Crippen LogP contribution < -0.4 is 5.73 Å². The molecule has 1 aromatic carbocycles. The topological polar surface area (TPSA) is 51.8 Å². The van der Waals surface area contributed by atoms with Gasteiger partial charge in [0.15, 0.2) is 0 Å². The van der Waals surface area contributed by atoms with Crippen molar-refractivity contribution in [2.24, 2.45) is 0 Å². The van der Waals surface area contributed by atoms with Crippen LogP contribution in [0.3, 0.4) is 0 Å². The molecule has 98 valence electrons. The molecule has 3 rings (SSSR count). The number of hydrogen-bond acceptors (Lipinski definition) is 3. The molecule has 19 heavy (non-hydrogen) atoms. The maximum atomic E-state index is 6.08. The molecule has 1 aromatic heterocycles. The predicted molar refractivity (Wildman–Crippen MR) is 77.9 cm³/mol. The summed E-state index contributed by atoms with van der Waals surface area (Å²) in [5, 5.41) is 0. The molecule has 0 bridgehead atoms. The van der Waals surface area contributed by atoms with Gasteiger partial charge in [-0.2, -0.15) is 0 Å². The van der Waals surface area contributed by atoms with Gasteiger partial charge in [0, 0.05) is 5.56 Å². The van der Waals surface area contributed by atoms with Crippen LogP contribution in [0.2, 0.25) is 0 Å². The molecule has 0 unspecified atom stereocenters. The molecule has 1 aliphatic rings. The maximum Gasteiger partial charge on any atom is 0.150 e. The van der Waals surface area contributed by atoms with Gasteiger partial charge < -0.3 is 5.73 Å². The van der Waals surface area contributed by atoms with E-state index in [4.69, 9.17) is 5.73 Å². The number of nitrogen functional groups attached to an aromatic ring is 1. The summed E-state index contributed by atoms with van der Waals surface area (Å²) >= 11 is 0. The lowest BCUT2D eigenvalue weighted by Gasteiger charge is -2.28. The number of nitrogens with zero attached hydrogens (tertiary/aromatic N) is 2. The summed E-state index contributed by atoms with van der Waals surface area (Å²) in [4.78, 5) is 9.07. The Bertz CT molecular complexity index is 615. The number of aromatic nitrogens is 2. The van der Waals surface area contributed by atoms with Crippen molar-refractivity contribution in [1.29, 1.82) is 0 Å². The molecule has 1 heterocycles. The quantitative estimate of drug-likeness (QED) is 0.889. The highest BCUT2D eigenvalue weighted by Gasteiger charge is 2.23. The predicted octanol–water partition coefficient (Wildman–Crippen LogP) is 3.61. The SMILES string of the molecule is Cc1nc(N)c(-c2ccccc2C2CCC2)nc1C. The molecule has 1 saturated carbocycles. The second-order valence-corrected chi connectivity index (χ2v) is 5.34. The minimum Gasteiger partial charge on any atom is -0.382 e. The number of aryl methyl sites for hydroxylation is 2. The van der Waals surface area contributed by atoms with E-state index < -0.39 is 0 Å². The normalized spacial score (nSPS) is 15.3. The molecule has 3 heteroatoms. The van der Waals surface area contributed by atoms with Crippen LogP contribution in [0.1, 0.15) is 42.1 Å². The summed E-state index contributed by atoms with van der Waals surface area (Å²) in [5.74, 6) is 1.20. The van der Waals surface area contributed by atoms with E-state index in [1.807, 2.05) is 19.9 Å². The third-order valence-electron chi connectivity index (χ3n) is 4.09. The minimum absolute atomic E-state index is 0.537. The molecule has 0 atom stereocenters. The van der Waals surface area contributed by atoms with Gasteiger partial charge in [-0.05, 0) is 38.2 Å². The van der Waals surface area contributed by atoms with Gasteiger partial charge in [-0.25, -0.2) is 9.97 Å². The molecule has 0 radical (unpaired) electrons. The average molecular weight is 253 g/mol. The van der Waals surface area contributed by atoms with Crippen molar-refractivity contribution in [2.45, 2.75) is 39.0 Å². The Balaban J connectivity index is 2.14. The first-order chi connectivity index (χ1) is 9.16. The van der Waals surface area contributed by atoms with Gasteiger partial charge in [0.05, 0.1) is 11.4 Å². The summed E-state index contributed by atoms with van der Waals surface area (Å²) in [6.07, 6.45) is 3.87. The van der Waals surface area contributed by atoms with Gasteiger partial charge in [-0.3, -0.25) is 0 Å². The zero-order valence-corrected chi connectivity index (χ0v) is 11.5. The van der Waals surface area contributed by atoms with Crippen molar-refractivity contribution in [3.05, 3.63) is 41.2 Å². The van der Waals surface area contributed by atoms with Gasteiger partial charge in [0.25, 0.3) is 0 Å². The van der Waals surface area contributed by atoms with Crippen molar-refractivity contribution in [1.82, 2.24) is 9.97 Å². The maximum absolute atomic E-state index is 6.08. The lowest BCUT2D eigenvalue weighted by molar-refractivity contribution is 0.420. The van der Waals surface area contributed by atoms with Crippen LogP contribution in [0.4, 0.5) is 5.82 Å². The van der Waals surface area contributed by atoms with Gasteiger partial charge in [0.1, 0.15) is 11.5 Å². The highest BCUT2D eigenvalue weighted by Crippen LogP contribution is 2.41. The van der Waals surface area contributed by atoms with Crippen molar-refractivity contribution in [3.63, 3.8) is 0 Å². The van der Waals surface area contributed by atoms with Gasteiger partial charge in [-0.15, -0.1) is 0 Å². The van der Waals surface area contributed by atoms with Crippen LogP contribution in [0.25, 0.3) is 11.3 Å². The Morgan fingerprint density at radius 2 is 1.74 bits per heavy atom. The third-order valence-corrected chi connectivity index (χ3v) is 4.09. The Morgan fingerprint density at radius 3 is 2.42 bits per heavy atom. The van der Waals surface area contributed by atoms with Gasteiger partial charge in [0.2, 0.25) is 0 Å². The summed E-state index contributed by atoms with van der Waals surface area (Å²) in [6, 6.07) is 8.47. The summed E-state index contributed by atoms with van der Waals surface area (Å²) in [6.45, 7) is 3.93. The molecule has 0 amide bonds. The van der Waals surface area contributed by atoms with Crippen molar-refractivity contribution in [2.75, 3.05) is 5.73 Å². The lowest BCUT2D eigenvalue weighted by atomic mass is 9.78. The lowest BCUT2D eigenvalue weighted by Crippen LogP contribution is -2.11. The van der Waals surface area contributed by atoms with E-state index in [2.05, 4.69) is 28.2 Å². The molecule has 2 N–H and O–H groups in total. The fraction of sp³-hybridized carbons (Fsp3) is 0.375. The first kappa shape index (κ1) is 12.2. The second-order valence-electron chi connectivity index (χ2n) is 5.34. The first-order valence-corrected chi connectivity index (χ1v) is 6.87. The van der Waals surface area contributed by atoms with Crippen LogP contribution in [-0.2, 0) is 0 Å². The molecule has 1 fully saturated rings. The molecule has 0 saturated heterocycles. The van der Waals surface area contributed by atoms with Crippen LogP contribution in [0, 0.1) is 13.8 Å². The van der Waals surface area contributed by atoms with E-state index in [1.165, 1.54) is 24.8 Å². The molecule has 2 aromatic rings. The Kier molecular flexibility index (Phi) is 2.97. The van der Waals surface area contributed by atoms with Gasteiger partial charge in [-0.1, -0.05) is 30.7 Å². The molecule has 1 aliphatic carbocycles. The Hall–Kier alpha value is -1.90. The van der Waals surface area contributed by atoms with Crippen molar-refractivity contribution >= 4 is 5.82 Å². The number of nitrogens with two attached hydrogens (primary N) is 1. The number of anilines is 1. The monoisotopic (exact) mass is 253 g/mol. The van der Waals surface area contributed by atoms with Crippen molar-refractivity contribution in [3.8, 4) is 11.3 Å². The zero-order chi connectivity index (χ0) is 13.4.